The van der Waals surface area contributed by atoms with Crippen molar-refractivity contribution in [3.8, 4) is 11.3 Å². The van der Waals surface area contributed by atoms with Gasteiger partial charge in [-0.3, -0.25) is 4.79 Å². The normalized spacial score (nSPS) is 19.1. The largest absolute Gasteiger partial charge is 0.377 e. The lowest BCUT2D eigenvalue weighted by atomic mass is 9.89. The number of ether oxygens (including phenoxy) is 1. The molecule has 1 fully saturated rings. The van der Waals surface area contributed by atoms with E-state index in [0.717, 1.165) is 60.8 Å². The molecule has 30 heavy (non-hydrogen) atoms. The van der Waals surface area contributed by atoms with E-state index in [4.69, 9.17) is 4.74 Å². The summed E-state index contributed by atoms with van der Waals surface area (Å²) in [5.41, 5.74) is 3.93. The van der Waals surface area contributed by atoms with Crippen LogP contribution in [0.1, 0.15) is 49.3 Å². The lowest BCUT2D eigenvalue weighted by molar-refractivity contribution is 0.114. The molecule has 4 rings (SSSR count). The maximum atomic E-state index is 13.1. The molecule has 0 amide bonds. The number of fused-ring (bicyclic) bond motifs is 1. The average Bonchev–Trinajstić information content (AvgIpc) is 3.28. The standard InChI is InChI=1S/C22H29N3O4S/c1-3-15-10-11-16(13-20(15)30(27,28)23-14-17-7-6-12-29-17)21-18-8-4-5-9-19(18)22(26)25(2)24-21/h10-11,13,17,23H,3-9,12,14H2,1-2H3/t17-/m1/s1. The van der Waals surface area contributed by atoms with E-state index in [1.165, 1.54) is 4.68 Å². The Labute approximate surface area is 177 Å². The molecule has 1 saturated heterocycles. The molecule has 0 radical (unpaired) electrons. The van der Waals surface area contributed by atoms with Gasteiger partial charge in [0.05, 0.1) is 16.7 Å². The van der Waals surface area contributed by atoms with Crippen molar-refractivity contribution in [2.75, 3.05) is 13.2 Å². The minimum Gasteiger partial charge on any atom is -0.377 e. The van der Waals surface area contributed by atoms with Crippen LogP contribution in [0.15, 0.2) is 27.9 Å². The maximum Gasteiger partial charge on any atom is 0.269 e. The highest BCUT2D eigenvalue weighted by atomic mass is 32.2. The predicted molar refractivity (Wildman–Crippen MR) is 115 cm³/mol. The summed E-state index contributed by atoms with van der Waals surface area (Å²) in [5, 5.41) is 4.51. The quantitative estimate of drug-likeness (QED) is 0.758. The third-order valence-electron chi connectivity index (χ3n) is 6.09. The molecule has 0 saturated carbocycles. The van der Waals surface area contributed by atoms with E-state index in [1.807, 2.05) is 19.1 Å². The van der Waals surface area contributed by atoms with E-state index in [1.54, 1.807) is 13.1 Å². The average molecular weight is 432 g/mol. The summed E-state index contributed by atoms with van der Waals surface area (Å²) in [5.74, 6) is 0. The number of sulfonamides is 1. The number of aryl methyl sites for hydroxylation is 2. The van der Waals surface area contributed by atoms with Crippen LogP contribution in [0.25, 0.3) is 11.3 Å². The van der Waals surface area contributed by atoms with Gasteiger partial charge in [-0.25, -0.2) is 17.8 Å². The Morgan fingerprint density at radius 1 is 1.20 bits per heavy atom. The fourth-order valence-corrected chi connectivity index (χ4v) is 5.82. The predicted octanol–water partition coefficient (Wildman–Crippen LogP) is 2.35. The van der Waals surface area contributed by atoms with Crippen LogP contribution in [0.2, 0.25) is 0 Å². The molecule has 7 nitrogen and oxygen atoms in total. The van der Waals surface area contributed by atoms with Gasteiger partial charge in [0, 0.05) is 31.3 Å². The van der Waals surface area contributed by atoms with Gasteiger partial charge in [-0.05, 0) is 62.1 Å². The van der Waals surface area contributed by atoms with Gasteiger partial charge >= 0.3 is 0 Å². The number of hydrogen-bond donors (Lipinski definition) is 1. The number of aromatic nitrogens is 2. The van der Waals surface area contributed by atoms with Crippen molar-refractivity contribution < 1.29 is 13.2 Å². The van der Waals surface area contributed by atoms with Crippen LogP contribution in [0, 0.1) is 0 Å². The SMILES string of the molecule is CCc1ccc(-c2nn(C)c(=O)c3c2CCCC3)cc1S(=O)(=O)NC[C@H]1CCCO1. The van der Waals surface area contributed by atoms with E-state index < -0.39 is 10.0 Å². The first kappa shape index (κ1) is 21.2. The van der Waals surface area contributed by atoms with E-state index in [0.29, 0.717) is 18.7 Å². The maximum absolute atomic E-state index is 13.1. The lowest BCUT2D eigenvalue weighted by Crippen LogP contribution is -2.32. The first-order valence-electron chi connectivity index (χ1n) is 10.7. The van der Waals surface area contributed by atoms with Gasteiger partial charge < -0.3 is 4.74 Å². The smallest absolute Gasteiger partial charge is 0.269 e. The van der Waals surface area contributed by atoms with E-state index in [2.05, 4.69) is 9.82 Å². The monoisotopic (exact) mass is 431 g/mol. The van der Waals surface area contributed by atoms with Gasteiger partial charge in [-0.15, -0.1) is 0 Å². The van der Waals surface area contributed by atoms with Crippen molar-refractivity contribution in [3.63, 3.8) is 0 Å². The fraction of sp³-hybridized carbons (Fsp3) is 0.545. The first-order valence-corrected chi connectivity index (χ1v) is 12.2. The first-order chi connectivity index (χ1) is 14.4. The Morgan fingerprint density at radius 2 is 1.97 bits per heavy atom. The van der Waals surface area contributed by atoms with Crippen LogP contribution < -0.4 is 10.3 Å². The van der Waals surface area contributed by atoms with Crippen molar-refractivity contribution in [2.24, 2.45) is 7.05 Å². The Kier molecular flexibility index (Phi) is 6.09. The minimum absolute atomic E-state index is 0.0512. The van der Waals surface area contributed by atoms with Crippen LogP contribution in [0.3, 0.4) is 0 Å². The van der Waals surface area contributed by atoms with E-state index in [9.17, 15) is 13.2 Å². The minimum atomic E-state index is -3.69. The summed E-state index contributed by atoms with van der Waals surface area (Å²) >= 11 is 0. The third kappa shape index (κ3) is 4.08. The van der Waals surface area contributed by atoms with Crippen LogP contribution in [0.5, 0.6) is 0 Å². The molecule has 0 bridgehead atoms. The summed E-state index contributed by atoms with van der Waals surface area (Å²) in [6.45, 7) is 2.91. The van der Waals surface area contributed by atoms with Gasteiger partial charge in [0.25, 0.3) is 5.56 Å². The number of hydrogen-bond acceptors (Lipinski definition) is 5. The highest BCUT2D eigenvalue weighted by molar-refractivity contribution is 7.89. The van der Waals surface area contributed by atoms with Crippen molar-refractivity contribution in [3.05, 3.63) is 45.2 Å². The molecule has 0 spiro atoms. The molecule has 1 atom stereocenters. The van der Waals surface area contributed by atoms with Crippen LogP contribution in [-0.4, -0.2) is 37.5 Å². The number of nitrogens with zero attached hydrogens (tertiary/aromatic N) is 2. The van der Waals surface area contributed by atoms with Gasteiger partial charge in [-0.2, -0.15) is 5.10 Å². The summed E-state index contributed by atoms with van der Waals surface area (Å²) in [4.78, 5) is 12.8. The number of benzene rings is 1. The second-order valence-corrected chi connectivity index (χ2v) is 9.84. The summed E-state index contributed by atoms with van der Waals surface area (Å²) < 4.78 is 35.9. The van der Waals surface area contributed by atoms with Crippen molar-refractivity contribution in [2.45, 2.75) is 62.9 Å². The Hall–Kier alpha value is -2.03. The molecule has 162 valence electrons. The molecule has 1 aliphatic heterocycles. The molecule has 1 aliphatic carbocycles. The van der Waals surface area contributed by atoms with E-state index in [-0.39, 0.29) is 23.1 Å². The highest BCUT2D eigenvalue weighted by Gasteiger charge is 2.25. The molecule has 2 aromatic rings. The zero-order valence-corrected chi connectivity index (χ0v) is 18.4. The third-order valence-corrected chi connectivity index (χ3v) is 7.60. The van der Waals surface area contributed by atoms with Gasteiger partial charge in [0.1, 0.15) is 0 Å². The Balaban J connectivity index is 1.75. The fourth-order valence-electron chi connectivity index (χ4n) is 4.42. The second kappa shape index (κ2) is 8.61. The van der Waals surface area contributed by atoms with Crippen molar-refractivity contribution >= 4 is 10.0 Å². The molecule has 1 N–H and O–H groups in total. The van der Waals surface area contributed by atoms with Crippen LogP contribution >= 0.6 is 0 Å². The molecule has 2 heterocycles. The molecule has 8 heteroatoms. The van der Waals surface area contributed by atoms with Gasteiger partial charge in [0.2, 0.25) is 10.0 Å². The molecule has 2 aliphatic rings. The van der Waals surface area contributed by atoms with Gasteiger partial charge in [0.15, 0.2) is 0 Å². The summed E-state index contributed by atoms with van der Waals surface area (Å²) in [6, 6.07) is 5.48. The molecular weight excluding hydrogens is 402 g/mol. The zero-order chi connectivity index (χ0) is 21.3. The Bertz CT molecular complexity index is 1100. The van der Waals surface area contributed by atoms with Crippen molar-refractivity contribution in [1.82, 2.24) is 14.5 Å². The second-order valence-electron chi connectivity index (χ2n) is 8.10. The summed E-state index contributed by atoms with van der Waals surface area (Å²) in [6.07, 6.45) is 5.92. The number of rotatable bonds is 6. The molecule has 1 aromatic heterocycles. The lowest BCUT2D eigenvalue weighted by Gasteiger charge is -2.20. The highest BCUT2D eigenvalue weighted by Crippen LogP contribution is 2.30. The van der Waals surface area contributed by atoms with Crippen molar-refractivity contribution in [1.29, 1.82) is 0 Å². The summed E-state index contributed by atoms with van der Waals surface area (Å²) in [7, 11) is -2.03. The topological polar surface area (TPSA) is 90.3 Å². The molecule has 1 aromatic carbocycles. The zero-order valence-electron chi connectivity index (χ0n) is 17.6. The van der Waals surface area contributed by atoms with Crippen LogP contribution in [-0.2, 0) is 41.1 Å². The Morgan fingerprint density at radius 3 is 2.67 bits per heavy atom. The van der Waals surface area contributed by atoms with E-state index >= 15 is 0 Å². The molecule has 0 unspecified atom stereocenters. The van der Waals surface area contributed by atoms with Crippen LogP contribution in [0.4, 0.5) is 0 Å². The number of nitrogens with one attached hydrogen (secondary N) is 1. The molecular formula is C22H29N3O4S. The van der Waals surface area contributed by atoms with Gasteiger partial charge in [-0.1, -0.05) is 19.1 Å².